The molecular weight excluding hydrogens is 304 g/mol. The first kappa shape index (κ1) is 17.3. The normalized spacial score (nSPS) is 16.3. The van der Waals surface area contributed by atoms with Crippen LogP contribution in [0.4, 0.5) is 8.78 Å². The number of methoxy groups -OCH3 is 1. The predicted molar refractivity (Wildman–Crippen MR) is 85.0 cm³/mol. The van der Waals surface area contributed by atoms with Crippen molar-refractivity contribution in [2.45, 2.75) is 38.8 Å². The van der Waals surface area contributed by atoms with E-state index < -0.39 is 6.61 Å². The number of guanidine groups is 1. The summed E-state index contributed by atoms with van der Waals surface area (Å²) < 4.78 is 34.6. The van der Waals surface area contributed by atoms with Crippen molar-refractivity contribution < 1.29 is 18.3 Å². The molecule has 5 nitrogen and oxygen atoms in total. The van der Waals surface area contributed by atoms with Crippen molar-refractivity contribution in [3.63, 3.8) is 0 Å². The summed E-state index contributed by atoms with van der Waals surface area (Å²) in [5.74, 6) is 1.09. The van der Waals surface area contributed by atoms with Crippen molar-refractivity contribution in [3.05, 3.63) is 23.8 Å². The Bertz CT molecular complexity index is 530. The lowest BCUT2D eigenvalue weighted by Gasteiger charge is -2.21. The Kier molecular flexibility index (Phi) is 6.43. The van der Waals surface area contributed by atoms with Gasteiger partial charge in [-0.15, -0.1) is 0 Å². The minimum absolute atomic E-state index is 0.0909. The van der Waals surface area contributed by atoms with Crippen LogP contribution in [-0.4, -0.2) is 37.7 Å². The highest BCUT2D eigenvalue weighted by molar-refractivity contribution is 5.78. The van der Waals surface area contributed by atoms with Gasteiger partial charge < -0.3 is 20.1 Å². The molecule has 0 bridgehead atoms. The highest BCUT2D eigenvalue weighted by Gasteiger charge is 2.13. The standard InChI is InChI=1S/C16H23F2N3O2/c1-22-13-6-7-14(23-15(17)18)12(10-13)11-20-16(19)21-8-4-2-3-5-9-21/h6-7,10,15H,2-5,8-9,11H2,1H3,(H2,19,20). The van der Waals surface area contributed by atoms with E-state index >= 15 is 0 Å². The summed E-state index contributed by atoms with van der Waals surface area (Å²) in [6.45, 7) is -0.947. The van der Waals surface area contributed by atoms with Crippen LogP contribution in [0.15, 0.2) is 23.2 Å². The van der Waals surface area contributed by atoms with E-state index in [1.54, 1.807) is 12.1 Å². The van der Waals surface area contributed by atoms with Crippen molar-refractivity contribution in [1.82, 2.24) is 4.90 Å². The van der Waals surface area contributed by atoms with Crippen LogP contribution in [0.2, 0.25) is 0 Å². The van der Waals surface area contributed by atoms with Gasteiger partial charge in [0.1, 0.15) is 11.5 Å². The number of alkyl halides is 2. The third-order valence-corrected chi connectivity index (χ3v) is 3.83. The molecule has 0 unspecified atom stereocenters. The smallest absolute Gasteiger partial charge is 0.387 e. The molecule has 7 heteroatoms. The summed E-state index contributed by atoms with van der Waals surface area (Å²) in [7, 11) is 1.52. The molecule has 0 amide bonds. The van der Waals surface area contributed by atoms with Gasteiger partial charge in [-0.05, 0) is 31.0 Å². The number of aliphatic imine (C=N–C) groups is 1. The fourth-order valence-corrected chi connectivity index (χ4v) is 2.58. The number of ether oxygens (including phenoxy) is 2. The number of benzene rings is 1. The van der Waals surface area contributed by atoms with E-state index in [-0.39, 0.29) is 12.3 Å². The van der Waals surface area contributed by atoms with Gasteiger partial charge in [0.05, 0.1) is 13.7 Å². The molecule has 0 spiro atoms. The number of halogens is 2. The number of nitrogens with two attached hydrogens (primary N) is 1. The van der Waals surface area contributed by atoms with Gasteiger partial charge in [0.25, 0.3) is 0 Å². The van der Waals surface area contributed by atoms with Crippen LogP contribution in [0.1, 0.15) is 31.2 Å². The van der Waals surface area contributed by atoms with Gasteiger partial charge in [-0.1, -0.05) is 12.8 Å². The summed E-state index contributed by atoms with van der Waals surface area (Å²) in [6, 6.07) is 4.66. The van der Waals surface area contributed by atoms with E-state index in [4.69, 9.17) is 10.5 Å². The minimum atomic E-state index is -2.88. The summed E-state index contributed by atoms with van der Waals surface area (Å²) in [6.07, 6.45) is 4.59. The first-order chi connectivity index (χ1) is 11.1. The lowest BCUT2D eigenvalue weighted by Crippen LogP contribution is -2.38. The zero-order chi connectivity index (χ0) is 16.7. The fraction of sp³-hybridized carbons (Fsp3) is 0.562. The summed E-state index contributed by atoms with van der Waals surface area (Å²) in [4.78, 5) is 6.39. The average molecular weight is 327 g/mol. The van der Waals surface area contributed by atoms with E-state index in [1.807, 2.05) is 4.90 Å². The average Bonchev–Trinajstić information content (AvgIpc) is 2.82. The monoisotopic (exact) mass is 327 g/mol. The van der Waals surface area contributed by atoms with Crippen LogP contribution in [0, 0.1) is 0 Å². The van der Waals surface area contributed by atoms with Crippen molar-refractivity contribution in [2.75, 3.05) is 20.2 Å². The Balaban J connectivity index is 2.11. The predicted octanol–water partition coefficient (Wildman–Crippen LogP) is 2.99. The second-order valence-electron chi connectivity index (χ2n) is 5.43. The molecule has 2 N–H and O–H groups in total. The van der Waals surface area contributed by atoms with Crippen molar-refractivity contribution in [1.29, 1.82) is 0 Å². The zero-order valence-corrected chi connectivity index (χ0v) is 13.3. The van der Waals surface area contributed by atoms with Crippen molar-refractivity contribution in [3.8, 4) is 11.5 Å². The van der Waals surface area contributed by atoms with E-state index in [1.165, 1.54) is 26.0 Å². The van der Waals surface area contributed by atoms with Crippen LogP contribution < -0.4 is 15.2 Å². The molecule has 1 fully saturated rings. The molecule has 1 saturated heterocycles. The Labute approximate surface area is 135 Å². The molecular formula is C16H23F2N3O2. The van der Waals surface area contributed by atoms with E-state index in [9.17, 15) is 8.78 Å². The molecule has 0 aliphatic carbocycles. The van der Waals surface area contributed by atoms with Gasteiger partial charge in [0.15, 0.2) is 5.96 Å². The number of hydrogen-bond acceptors (Lipinski definition) is 3. The largest absolute Gasteiger partial charge is 0.497 e. The Morgan fingerprint density at radius 2 is 1.96 bits per heavy atom. The SMILES string of the molecule is COc1ccc(OC(F)F)c(CN=C(N)N2CCCCCC2)c1. The van der Waals surface area contributed by atoms with Crippen molar-refractivity contribution >= 4 is 5.96 Å². The molecule has 23 heavy (non-hydrogen) atoms. The van der Waals surface area contributed by atoms with Crippen LogP contribution in [-0.2, 0) is 6.54 Å². The Morgan fingerprint density at radius 1 is 1.26 bits per heavy atom. The van der Waals surface area contributed by atoms with Crippen LogP contribution >= 0.6 is 0 Å². The quantitative estimate of drug-likeness (QED) is 0.667. The van der Waals surface area contributed by atoms with E-state index in [2.05, 4.69) is 9.73 Å². The molecule has 1 aromatic carbocycles. The fourth-order valence-electron chi connectivity index (χ4n) is 2.58. The Hall–Kier alpha value is -2.05. The number of rotatable bonds is 5. The Morgan fingerprint density at radius 3 is 2.57 bits per heavy atom. The van der Waals surface area contributed by atoms with Gasteiger partial charge in [-0.25, -0.2) is 4.99 Å². The van der Waals surface area contributed by atoms with E-state index in [0.29, 0.717) is 17.3 Å². The highest BCUT2D eigenvalue weighted by Crippen LogP contribution is 2.26. The lowest BCUT2D eigenvalue weighted by atomic mass is 10.2. The van der Waals surface area contributed by atoms with Gasteiger partial charge >= 0.3 is 6.61 Å². The topological polar surface area (TPSA) is 60.1 Å². The van der Waals surface area contributed by atoms with Crippen LogP contribution in [0.3, 0.4) is 0 Å². The minimum Gasteiger partial charge on any atom is -0.497 e. The molecule has 1 aliphatic heterocycles. The maximum absolute atomic E-state index is 12.5. The van der Waals surface area contributed by atoms with Gasteiger partial charge in [0, 0.05) is 18.7 Å². The number of likely N-dealkylation sites (tertiary alicyclic amines) is 1. The lowest BCUT2D eigenvalue weighted by molar-refractivity contribution is -0.0504. The van der Waals surface area contributed by atoms with Gasteiger partial charge in [-0.2, -0.15) is 8.78 Å². The molecule has 0 saturated carbocycles. The van der Waals surface area contributed by atoms with Gasteiger partial charge in [0.2, 0.25) is 0 Å². The summed E-state index contributed by atoms with van der Waals surface area (Å²) in [5.41, 5.74) is 6.56. The molecule has 0 radical (unpaired) electrons. The van der Waals surface area contributed by atoms with Crippen molar-refractivity contribution in [2.24, 2.45) is 10.7 Å². The second kappa shape index (κ2) is 8.55. The number of hydrogen-bond donors (Lipinski definition) is 1. The highest BCUT2D eigenvalue weighted by atomic mass is 19.3. The molecule has 0 aromatic heterocycles. The molecule has 1 aliphatic rings. The second-order valence-corrected chi connectivity index (χ2v) is 5.43. The first-order valence-electron chi connectivity index (χ1n) is 7.76. The first-order valence-corrected chi connectivity index (χ1v) is 7.76. The third kappa shape index (κ3) is 5.26. The molecule has 1 heterocycles. The zero-order valence-electron chi connectivity index (χ0n) is 13.3. The molecule has 2 rings (SSSR count). The molecule has 0 atom stereocenters. The van der Waals surface area contributed by atoms with Crippen LogP contribution in [0.25, 0.3) is 0 Å². The summed E-state index contributed by atoms with van der Waals surface area (Å²) in [5, 5.41) is 0. The van der Waals surface area contributed by atoms with Gasteiger partial charge in [-0.3, -0.25) is 0 Å². The van der Waals surface area contributed by atoms with E-state index in [0.717, 1.165) is 25.9 Å². The maximum atomic E-state index is 12.5. The molecule has 1 aromatic rings. The summed E-state index contributed by atoms with van der Waals surface area (Å²) >= 11 is 0. The molecule has 128 valence electrons. The maximum Gasteiger partial charge on any atom is 0.387 e. The number of nitrogens with zero attached hydrogens (tertiary/aromatic N) is 2. The van der Waals surface area contributed by atoms with Crippen LogP contribution in [0.5, 0.6) is 11.5 Å². The third-order valence-electron chi connectivity index (χ3n) is 3.83.